The van der Waals surface area contributed by atoms with Crippen molar-refractivity contribution in [3.63, 3.8) is 0 Å². The molecule has 0 saturated carbocycles. The summed E-state index contributed by atoms with van der Waals surface area (Å²) in [6.45, 7) is 0.951. The highest BCUT2D eigenvalue weighted by molar-refractivity contribution is 5.96. The Bertz CT molecular complexity index is 1180. The molecule has 2 aromatic heterocycles. The van der Waals surface area contributed by atoms with Crippen molar-refractivity contribution in [2.45, 2.75) is 32.2 Å². The Balaban J connectivity index is 1.65. The number of alkyl halides is 2. The summed E-state index contributed by atoms with van der Waals surface area (Å²) in [7, 11) is 1.77. The third kappa shape index (κ3) is 3.87. The van der Waals surface area contributed by atoms with Gasteiger partial charge in [-0.1, -0.05) is 6.07 Å². The van der Waals surface area contributed by atoms with Crippen LogP contribution in [-0.4, -0.2) is 22.5 Å². The van der Waals surface area contributed by atoms with Gasteiger partial charge in [0.2, 0.25) is 5.91 Å². The van der Waals surface area contributed by atoms with E-state index in [9.17, 15) is 18.4 Å². The first-order chi connectivity index (χ1) is 14.2. The van der Waals surface area contributed by atoms with Gasteiger partial charge in [-0.25, -0.2) is 8.78 Å². The molecule has 30 heavy (non-hydrogen) atoms. The van der Waals surface area contributed by atoms with Gasteiger partial charge in [0.05, 0.1) is 6.54 Å². The third-order valence-electron chi connectivity index (χ3n) is 5.39. The summed E-state index contributed by atoms with van der Waals surface area (Å²) in [5.74, 6) is -2.92. The van der Waals surface area contributed by atoms with E-state index >= 15 is 0 Å². The zero-order chi connectivity index (χ0) is 21.5. The van der Waals surface area contributed by atoms with E-state index in [0.29, 0.717) is 12.8 Å². The van der Waals surface area contributed by atoms with Crippen molar-refractivity contribution < 1.29 is 13.6 Å². The van der Waals surface area contributed by atoms with Crippen LogP contribution < -0.4 is 10.5 Å². The van der Waals surface area contributed by atoms with E-state index in [2.05, 4.69) is 4.98 Å². The number of aryl methyl sites for hydroxylation is 1. The summed E-state index contributed by atoms with van der Waals surface area (Å²) in [5, 5.41) is 0. The fraction of sp³-hybridized carbons (Fsp3) is 0.261. The van der Waals surface area contributed by atoms with E-state index in [4.69, 9.17) is 0 Å². The molecule has 4 rings (SSSR count). The van der Waals surface area contributed by atoms with Crippen LogP contribution in [0.1, 0.15) is 30.0 Å². The van der Waals surface area contributed by atoms with Crippen molar-refractivity contribution in [1.82, 2.24) is 9.55 Å². The fourth-order valence-electron chi connectivity index (χ4n) is 3.68. The van der Waals surface area contributed by atoms with Crippen molar-refractivity contribution in [2.75, 3.05) is 11.9 Å². The number of amides is 1. The summed E-state index contributed by atoms with van der Waals surface area (Å²) in [5.41, 5.74) is 3.98. The number of halogens is 2. The first kappa shape index (κ1) is 19.9. The number of benzene rings is 1. The molecular formula is C23H21F2N3O2. The summed E-state index contributed by atoms with van der Waals surface area (Å²) < 4.78 is 28.5. The van der Waals surface area contributed by atoms with E-state index in [1.54, 1.807) is 24.3 Å². The van der Waals surface area contributed by atoms with Gasteiger partial charge in [-0.2, -0.15) is 0 Å². The molecule has 0 aliphatic carbocycles. The number of nitrogens with zero attached hydrogens (tertiary/aromatic N) is 3. The standard InChI is InChI=1S/C23H21F2N3O2/c1-23(24,25)19-5-8-22(30)28(14-19)13-15-9-18(12-26-11-15)16-3-6-20-17(10-16)4-7-21(29)27(20)2/h3,5-6,8-12,14H,4,7,13H2,1-2H3. The molecule has 1 aliphatic rings. The van der Waals surface area contributed by atoms with Gasteiger partial charge in [-0.05, 0) is 47.4 Å². The van der Waals surface area contributed by atoms with Crippen LogP contribution in [-0.2, 0) is 23.7 Å². The fourth-order valence-corrected chi connectivity index (χ4v) is 3.68. The first-order valence-corrected chi connectivity index (χ1v) is 9.65. The maximum absolute atomic E-state index is 13.6. The lowest BCUT2D eigenvalue weighted by Crippen LogP contribution is -2.30. The zero-order valence-corrected chi connectivity index (χ0v) is 16.7. The minimum absolute atomic E-state index is 0.101. The second-order valence-electron chi connectivity index (χ2n) is 7.65. The van der Waals surface area contributed by atoms with Gasteiger partial charge < -0.3 is 9.47 Å². The van der Waals surface area contributed by atoms with Crippen LogP contribution in [0, 0.1) is 0 Å². The Hall–Kier alpha value is -3.35. The molecule has 3 aromatic rings. The number of pyridine rings is 2. The van der Waals surface area contributed by atoms with Gasteiger partial charge in [0.1, 0.15) is 0 Å². The monoisotopic (exact) mass is 409 g/mol. The molecule has 0 atom stereocenters. The Morgan fingerprint density at radius 3 is 2.60 bits per heavy atom. The second kappa shape index (κ2) is 7.48. The molecule has 1 aromatic carbocycles. The van der Waals surface area contributed by atoms with Gasteiger partial charge in [-0.3, -0.25) is 14.6 Å². The Kier molecular flexibility index (Phi) is 4.97. The highest BCUT2D eigenvalue weighted by Gasteiger charge is 2.25. The first-order valence-electron chi connectivity index (χ1n) is 9.65. The maximum atomic E-state index is 13.6. The van der Waals surface area contributed by atoms with Crippen molar-refractivity contribution >= 4 is 11.6 Å². The van der Waals surface area contributed by atoms with E-state index in [1.807, 2.05) is 24.3 Å². The minimum atomic E-state index is -3.02. The molecule has 0 bridgehead atoms. The average molecular weight is 409 g/mol. The molecule has 0 radical (unpaired) electrons. The Labute approximate surface area is 172 Å². The van der Waals surface area contributed by atoms with Crippen LogP contribution in [0.4, 0.5) is 14.5 Å². The van der Waals surface area contributed by atoms with Gasteiger partial charge in [0, 0.05) is 61.9 Å². The third-order valence-corrected chi connectivity index (χ3v) is 5.39. The van der Waals surface area contributed by atoms with Gasteiger partial charge in [0.15, 0.2) is 0 Å². The summed E-state index contributed by atoms with van der Waals surface area (Å²) >= 11 is 0. The van der Waals surface area contributed by atoms with Gasteiger partial charge in [-0.15, -0.1) is 0 Å². The molecule has 1 amide bonds. The average Bonchev–Trinajstić information content (AvgIpc) is 2.71. The predicted molar refractivity (Wildman–Crippen MR) is 111 cm³/mol. The van der Waals surface area contributed by atoms with Gasteiger partial charge >= 0.3 is 0 Å². The van der Waals surface area contributed by atoms with Crippen LogP contribution in [0.25, 0.3) is 11.1 Å². The molecule has 0 spiro atoms. The number of fused-ring (bicyclic) bond motifs is 1. The number of hydrogen-bond acceptors (Lipinski definition) is 3. The molecule has 154 valence electrons. The molecule has 3 heterocycles. The van der Waals surface area contributed by atoms with E-state index in [-0.39, 0.29) is 23.6 Å². The molecule has 5 nitrogen and oxygen atoms in total. The molecule has 7 heteroatoms. The highest BCUT2D eigenvalue weighted by atomic mass is 19.3. The molecule has 0 unspecified atom stereocenters. The summed E-state index contributed by atoms with van der Waals surface area (Å²) in [6, 6.07) is 10.1. The largest absolute Gasteiger partial charge is 0.315 e. The molecule has 0 fully saturated rings. The lowest BCUT2D eigenvalue weighted by molar-refractivity contribution is -0.118. The Morgan fingerprint density at radius 2 is 1.83 bits per heavy atom. The maximum Gasteiger partial charge on any atom is 0.271 e. The number of carbonyl (C=O) groups excluding carboxylic acids is 1. The van der Waals surface area contributed by atoms with E-state index in [1.165, 1.54) is 10.8 Å². The number of anilines is 1. The van der Waals surface area contributed by atoms with Crippen molar-refractivity contribution in [1.29, 1.82) is 0 Å². The van der Waals surface area contributed by atoms with E-state index in [0.717, 1.165) is 47.0 Å². The van der Waals surface area contributed by atoms with Crippen LogP contribution in [0.5, 0.6) is 0 Å². The lowest BCUT2D eigenvalue weighted by Gasteiger charge is -2.26. The molecule has 0 saturated heterocycles. The van der Waals surface area contributed by atoms with Gasteiger partial charge in [0.25, 0.3) is 11.5 Å². The summed E-state index contributed by atoms with van der Waals surface area (Å²) in [4.78, 5) is 30.0. The molecule has 0 N–H and O–H groups in total. The Morgan fingerprint density at radius 1 is 1.03 bits per heavy atom. The summed E-state index contributed by atoms with van der Waals surface area (Å²) in [6.07, 6.45) is 5.71. The second-order valence-corrected chi connectivity index (χ2v) is 7.65. The smallest absolute Gasteiger partial charge is 0.271 e. The van der Waals surface area contributed by atoms with Crippen molar-refractivity contribution in [2.24, 2.45) is 0 Å². The minimum Gasteiger partial charge on any atom is -0.315 e. The molecular weight excluding hydrogens is 388 g/mol. The van der Waals surface area contributed by atoms with Crippen LogP contribution in [0.3, 0.4) is 0 Å². The topological polar surface area (TPSA) is 55.2 Å². The molecule has 1 aliphatic heterocycles. The van der Waals surface area contributed by atoms with Crippen LogP contribution in [0.2, 0.25) is 0 Å². The number of hydrogen-bond donors (Lipinski definition) is 0. The number of carbonyl (C=O) groups is 1. The highest BCUT2D eigenvalue weighted by Crippen LogP contribution is 2.31. The normalized spacial score (nSPS) is 14.0. The SMILES string of the molecule is CN1C(=O)CCc2cc(-c3cncc(Cn4cc(C(C)(F)F)ccc4=O)c3)ccc21. The number of aromatic nitrogens is 2. The van der Waals surface area contributed by atoms with Crippen LogP contribution >= 0.6 is 0 Å². The number of rotatable bonds is 4. The van der Waals surface area contributed by atoms with Crippen molar-refractivity contribution in [3.05, 3.63) is 82.0 Å². The lowest BCUT2D eigenvalue weighted by atomic mass is 9.96. The quantitative estimate of drug-likeness (QED) is 0.655. The zero-order valence-electron chi connectivity index (χ0n) is 16.7. The van der Waals surface area contributed by atoms with Crippen molar-refractivity contribution in [3.8, 4) is 11.1 Å². The van der Waals surface area contributed by atoms with Crippen LogP contribution in [0.15, 0.2) is 59.8 Å². The predicted octanol–water partition coefficient (Wildman–Crippen LogP) is 3.98. The van der Waals surface area contributed by atoms with E-state index < -0.39 is 5.92 Å².